The Kier molecular flexibility index (Phi) is 6.55. The molecule has 2 heterocycles. The van der Waals surface area contributed by atoms with E-state index in [1.165, 1.54) is 43.8 Å². The molecule has 29 heavy (non-hydrogen) atoms. The smallest absolute Gasteiger partial charge is 0.320 e. The highest BCUT2D eigenvalue weighted by Gasteiger charge is 2.24. The predicted molar refractivity (Wildman–Crippen MR) is 110 cm³/mol. The van der Waals surface area contributed by atoms with Gasteiger partial charge >= 0.3 is 6.01 Å². The van der Waals surface area contributed by atoms with Crippen molar-refractivity contribution in [2.24, 2.45) is 0 Å². The van der Waals surface area contributed by atoms with Crippen LogP contribution < -0.4 is 14.4 Å². The van der Waals surface area contributed by atoms with Crippen molar-refractivity contribution in [2.75, 3.05) is 46.3 Å². The minimum absolute atomic E-state index is 0.0345. The minimum atomic E-state index is -0.359. The lowest BCUT2D eigenvalue weighted by Crippen LogP contribution is -2.34. The van der Waals surface area contributed by atoms with E-state index in [1.807, 2.05) is 19.0 Å². The molecule has 0 aliphatic rings. The van der Waals surface area contributed by atoms with E-state index >= 15 is 0 Å². The fourth-order valence-electron chi connectivity index (χ4n) is 2.68. The number of anilines is 1. The van der Waals surface area contributed by atoms with E-state index < -0.39 is 0 Å². The number of halogens is 1. The van der Waals surface area contributed by atoms with E-state index in [0.717, 1.165) is 13.0 Å². The maximum atomic E-state index is 13.6. The van der Waals surface area contributed by atoms with Crippen molar-refractivity contribution in [3.63, 3.8) is 0 Å². The Balaban J connectivity index is 1.98. The molecule has 0 unspecified atom stereocenters. The van der Waals surface area contributed by atoms with Gasteiger partial charge < -0.3 is 14.4 Å². The van der Waals surface area contributed by atoms with Gasteiger partial charge in [0.25, 0.3) is 5.91 Å². The average Bonchev–Trinajstić information content (AvgIpc) is 3.12. The molecule has 1 amide bonds. The molecule has 0 saturated carbocycles. The quantitative estimate of drug-likeness (QED) is 0.555. The number of thiazole rings is 1. The number of ether oxygens (including phenoxy) is 2. The monoisotopic (exact) mass is 419 g/mol. The van der Waals surface area contributed by atoms with Crippen molar-refractivity contribution in [2.45, 2.75) is 6.42 Å². The fraction of sp³-hybridized carbons (Fsp3) is 0.368. The van der Waals surface area contributed by atoms with Gasteiger partial charge in [-0.25, -0.2) is 9.37 Å². The first-order chi connectivity index (χ1) is 13.9. The summed E-state index contributed by atoms with van der Waals surface area (Å²) in [5.74, 6) is -0.481. The van der Waals surface area contributed by atoms with Crippen LogP contribution in [-0.2, 0) is 0 Å². The number of hydrogen-bond acceptors (Lipinski definition) is 8. The number of carbonyl (C=O) groups is 1. The van der Waals surface area contributed by atoms with Crippen molar-refractivity contribution >= 4 is 32.6 Å². The molecule has 0 fully saturated rings. The number of amides is 1. The van der Waals surface area contributed by atoms with Gasteiger partial charge in [0, 0.05) is 12.6 Å². The van der Waals surface area contributed by atoms with E-state index in [9.17, 15) is 9.18 Å². The van der Waals surface area contributed by atoms with Gasteiger partial charge in [0.1, 0.15) is 11.5 Å². The van der Waals surface area contributed by atoms with Crippen LogP contribution in [0.3, 0.4) is 0 Å². The molecule has 0 radical (unpaired) electrons. The van der Waals surface area contributed by atoms with E-state index in [0.29, 0.717) is 21.9 Å². The summed E-state index contributed by atoms with van der Waals surface area (Å²) in [5.41, 5.74) is 0.763. The lowest BCUT2D eigenvalue weighted by atomic mass is 10.3. The molecule has 3 rings (SSSR count). The highest BCUT2D eigenvalue weighted by molar-refractivity contribution is 7.22. The van der Waals surface area contributed by atoms with Crippen LogP contribution in [0, 0.1) is 5.82 Å². The molecule has 0 saturated heterocycles. The third kappa shape index (κ3) is 4.96. The molecule has 0 atom stereocenters. The van der Waals surface area contributed by atoms with E-state index in [4.69, 9.17) is 9.47 Å². The Morgan fingerprint density at radius 2 is 1.90 bits per heavy atom. The molecule has 0 aliphatic heterocycles. The van der Waals surface area contributed by atoms with Crippen molar-refractivity contribution in [1.29, 1.82) is 0 Å². The van der Waals surface area contributed by atoms with Gasteiger partial charge in [0.15, 0.2) is 5.13 Å². The molecule has 2 aromatic heterocycles. The number of aromatic nitrogens is 3. The zero-order valence-electron chi connectivity index (χ0n) is 16.7. The van der Waals surface area contributed by atoms with Gasteiger partial charge in [-0.1, -0.05) is 11.3 Å². The van der Waals surface area contributed by atoms with Crippen molar-refractivity contribution in [1.82, 2.24) is 19.9 Å². The summed E-state index contributed by atoms with van der Waals surface area (Å²) in [4.78, 5) is 29.6. The highest BCUT2D eigenvalue weighted by atomic mass is 32.1. The van der Waals surface area contributed by atoms with Crippen molar-refractivity contribution in [3.8, 4) is 11.9 Å². The lowest BCUT2D eigenvalue weighted by Gasteiger charge is -2.20. The summed E-state index contributed by atoms with van der Waals surface area (Å²) < 4.78 is 24.5. The Morgan fingerprint density at radius 1 is 1.10 bits per heavy atom. The van der Waals surface area contributed by atoms with Crippen LogP contribution in [0.2, 0.25) is 0 Å². The molecule has 0 spiro atoms. The lowest BCUT2D eigenvalue weighted by molar-refractivity contribution is 0.0979. The van der Waals surface area contributed by atoms with Crippen molar-refractivity contribution < 1.29 is 18.7 Å². The van der Waals surface area contributed by atoms with Crippen LogP contribution in [0.1, 0.15) is 16.9 Å². The first-order valence-corrected chi connectivity index (χ1v) is 9.72. The Labute approximate surface area is 171 Å². The zero-order valence-corrected chi connectivity index (χ0v) is 17.5. The summed E-state index contributed by atoms with van der Waals surface area (Å²) in [6, 6.07) is 5.85. The number of nitrogens with zero attached hydrogens (tertiary/aromatic N) is 5. The molecule has 0 aliphatic carbocycles. The number of fused-ring (bicyclic) bond motifs is 1. The zero-order chi connectivity index (χ0) is 21.0. The van der Waals surface area contributed by atoms with E-state index in [-0.39, 0.29) is 29.3 Å². The van der Waals surface area contributed by atoms with Gasteiger partial charge in [0.05, 0.1) is 24.4 Å². The normalized spacial score (nSPS) is 11.1. The molecule has 10 heteroatoms. The Bertz CT molecular complexity index is 988. The van der Waals surface area contributed by atoms with Crippen molar-refractivity contribution in [3.05, 3.63) is 35.8 Å². The number of carbonyl (C=O) groups excluding carboxylic acids is 1. The molecular weight excluding hydrogens is 397 g/mol. The van der Waals surface area contributed by atoms with Crippen LogP contribution in [0.15, 0.2) is 24.3 Å². The largest absolute Gasteiger partial charge is 0.481 e. The minimum Gasteiger partial charge on any atom is -0.481 e. The standard InChI is InChI=1S/C19H22FN5O3S/c1-24(2)8-5-9-25(19-22-13-7-6-12(20)10-15(13)29-19)17(26)14-11-16(27-3)23-18(21-14)28-4/h6-7,10-11H,5,8-9H2,1-4H3. The first-order valence-electron chi connectivity index (χ1n) is 8.91. The Morgan fingerprint density at radius 3 is 2.59 bits per heavy atom. The average molecular weight is 419 g/mol. The van der Waals surface area contributed by atoms with E-state index in [1.54, 1.807) is 11.0 Å². The molecule has 3 aromatic rings. The van der Waals surface area contributed by atoms with Crippen LogP contribution in [-0.4, -0.2) is 67.2 Å². The maximum absolute atomic E-state index is 13.6. The fourth-order valence-corrected chi connectivity index (χ4v) is 3.69. The van der Waals surface area contributed by atoms with Gasteiger partial charge in [-0.15, -0.1) is 0 Å². The number of methoxy groups -OCH3 is 2. The van der Waals surface area contributed by atoms with Crippen LogP contribution in [0.4, 0.5) is 9.52 Å². The maximum Gasteiger partial charge on any atom is 0.320 e. The molecule has 0 bridgehead atoms. The van der Waals surface area contributed by atoms with Crippen LogP contribution in [0.25, 0.3) is 10.2 Å². The second-order valence-electron chi connectivity index (χ2n) is 6.50. The summed E-state index contributed by atoms with van der Waals surface area (Å²) in [7, 11) is 6.80. The topological polar surface area (TPSA) is 80.7 Å². The van der Waals surface area contributed by atoms with Gasteiger partial charge in [0.2, 0.25) is 5.88 Å². The second-order valence-corrected chi connectivity index (χ2v) is 7.51. The molecule has 0 N–H and O–H groups in total. The third-order valence-electron chi connectivity index (χ3n) is 4.10. The Hall–Kier alpha value is -2.85. The SMILES string of the molecule is COc1cc(C(=O)N(CCCN(C)C)c2nc3ccc(F)cc3s2)nc(OC)n1. The van der Waals surface area contributed by atoms with Crippen LogP contribution >= 0.6 is 11.3 Å². The first kappa shape index (κ1) is 20.9. The predicted octanol–water partition coefficient (Wildman–Crippen LogP) is 2.84. The summed E-state index contributed by atoms with van der Waals surface area (Å²) in [6.45, 7) is 1.22. The number of rotatable bonds is 8. The number of benzene rings is 1. The summed E-state index contributed by atoms with van der Waals surface area (Å²) in [5, 5.41) is 0.478. The molecule has 8 nitrogen and oxygen atoms in total. The summed E-state index contributed by atoms with van der Waals surface area (Å²) >= 11 is 1.26. The molecular formula is C19H22FN5O3S. The van der Waals surface area contributed by atoms with Gasteiger partial charge in [-0.2, -0.15) is 9.97 Å². The van der Waals surface area contributed by atoms with Gasteiger partial charge in [-0.3, -0.25) is 9.69 Å². The summed E-state index contributed by atoms with van der Waals surface area (Å²) in [6.07, 6.45) is 0.725. The molecule has 154 valence electrons. The highest BCUT2D eigenvalue weighted by Crippen LogP contribution is 2.30. The number of hydrogen-bond donors (Lipinski definition) is 0. The third-order valence-corrected chi connectivity index (χ3v) is 5.14. The van der Waals surface area contributed by atoms with Gasteiger partial charge in [-0.05, 0) is 45.3 Å². The second kappa shape index (κ2) is 9.10. The molecule has 1 aromatic carbocycles. The van der Waals surface area contributed by atoms with E-state index in [2.05, 4.69) is 15.0 Å². The van der Waals surface area contributed by atoms with Crippen LogP contribution in [0.5, 0.6) is 11.9 Å².